The molecule has 0 bridgehead atoms. The number of nitrogens with one attached hydrogen (secondary N) is 2. The van der Waals surface area contributed by atoms with Gasteiger partial charge in [0.2, 0.25) is 5.91 Å². The molecule has 27 heavy (non-hydrogen) atoms. The van der Waals surface area contributed by atoms with Gasteiger partial charge >= 0.3 is 0 Å². The van der Waals surface area contributed by atoms with E-state index in [1.165, 1.54) is 18.3 Å². The lowest BCUT2D eigenvalue weighted by atomic mass is 10.1. The van der Waals surface area contributed by atoms with Crippen LogP contribution in [0.25, 0.3) is 21.2 Å². The largest absolute Gasteiger partial charge is 0.472 e. The van der Waals surface area contributed by atoms with Gasteiger partial charge in [-0.1, -0.05) is 12.1 Å². The maximum absolute atomic E-state index is 12.6. The molecular formula is C21H16N2O3S. The first-order chi connectivity index (χ1) is 13.1. The van der Waals surface area contributed by atoms with Crippen molar-refractivity contribution < 1.29 is 14.0 Å². The zero-order valence-corrected chi connectivity index (χ0v) is 15.3. The highest BCUT2D eigenvalue weighted by Gasteiger charge is 2.12. The van der Waals surface area contributed by atoms with E-state index >= 15 is 0 Å². The van der Waals surface area contributed by atoms with Gasteiger partial charge < -0.3 is 15.1 Å². The first kappa shape index (κ1) is 17.1. The van der Waals surface area contributed by atoms with Crippen molar-refractivity contribution in [3.05, 3.63) is 72.0 Å². The lowest BCUT2D eigenvalue weighted by Crippen LogP contribution is -2.10. The fraction of sp³-hybridized carbons (Fsp3) is 0.0476. The van der Waals surface area contributed by atoms with E-state index in [2.05, 4.69) is 16.7 Å². The number of hydrogen-bond acceptors (Lipinski definition) is 4. The third kappa shape index (κ3) is 3.75. The number of fused-ring (bicyclic) bond motifs is 1. The average molecular weight is 376 g/mol. The highest BCUT2D eigenvalue weighted by atomic mass is 32.1. The molecule has 4 rings (SSSR count). The Morgan fingerprint density at radius 1 is 0.889 bits per heavy atom. The molecular weight excluding hydrogens is 360 g/mol. The standard InChI is InChI=1S/C21H16N2O3S/c1-13(24)22-17-4-6-18(7-5-17)23-21(25)20-11-15-3-2-14(10-19(15)27-20)16-8-9-26-12-16/h2-12H,1H3,(H,22,24)(H,23,25). The minimum Gasteiger partial charge on any atom is -0.472 e. The van der Waals surface area contributed by atoms with Gasteiger partial charge in [0, 0.05) is 28.6 Å². The zero-order chi connectivity index (χ0) is 18.8. The summed E-state index contributed by atoms with van der Waals surface area (Å²) in [5.41, 5.74) is 3.42. The van der Waals surface area contributed by atoms with E-state index in [0.29, 0.717) is 16.3 Å². The Balaban J connectivity index is 1.53. The minimum atomic E-state index is -0.159. The third-order valence-corrected chi connectivity index (χ3v) is 5.16. The smallest absolute Gasteiger partial charge is 0.265 e. The molecule has 0 spiro atoms. The highest BCUT2D eigenvalue weighted by molar-refractivity contribution is 7.21. The number of carbonyl (C=O) groups is 2. The van der Waals surface area contributed by atoms with E-state index in [1.54, 1.807) is 36.8 Å². The lowest BCUT2D eigenvalue weighted by molar-refractivity contribution is -0.114. The van der Waals surface area contributed by atoms with Crippen LogP contribution in [0, 0.1) is 0 Å². The molecule has 0 radical (unpaired) electrons. The number of furan rings is 1. The number of carbonyl (C=O) groups excluding carboxylic acids is 2. The predicted octanol–water partition coefficient (Wildman–Crippen LogP) is 5.37. The maximum Gasteiger partial charge on any atom is 0.265 e. The second-order valence-corrected chi connectivity index (χ2v) is 7.17. The molecule has 6 heteroatoms. The number of amides is 2. The Bertz CT molecular complexity index is 1110. The molecule has 4 aromatic rings. The summed E-state index contributed by atoms with van der Waals surface area (Å²) in [5, 5.41) is 6.61. The minimum absolute atomic E-state index is 0.133. The first-order valence-electron chi connectivity index (χ1n) is 8.34. The molecule has 2 heterocycles. The summed E-state index contributed by atoms with van der Waals surface area (Å²) in [4.78, 5) is 24.3. The molecule has 2 aromatic carbocycles. The highest BCUT2D eigenvalue weighted by Crippen LogP contribution is 2.31. The van der Waals surface area contributed by atoms with Gasteiger partial charge in [-0.05, 0) is 53.4 Å². The van der Waals surface area contributed by atoms with Gasteiger partial charge in [-0.3, -0.25) is 9.59 Å². The topological polar surface area (TPSA) is 71.3 Å². The Kier molecular flexibility index (Phi) is 4.48. The number of thiophene rings is 1. The van der Waals surface area contributed by atoms with Crippen LogP contribution in [-0.2, 0) is 4.79 Å². The molecule has 5 nitrogen and oxygen atoms in total. The summed E-state index contributed by atoms with van der Waals surface area (Å²) < 4.78 is 6.18. The summed E-state index contributed by atoms with van der Waals surface area (Å²) in [5.74, 6) is -0.291. The molecule has 0 aliphatic heterocycles. The molecule has 0 saturated heterocycles. The van der Waals surface area contributed by atoms with Crippen LogP contribution in [0.3, 0.4) is 0 Å². The van der Waals surface area contributed by atoms with Crippen molar-refractivity contribution in [1.82, 2.24) is 0 Å². The van der Waals surface area contributed by atoms with Crippen molar-refractivity contribution in [2.45, 2.75) is 6.92 Å². The first-order valence-corrected chi connectivity index (χ1v) is 9.15. The van der Waals surface area contributed by atoms with Crippen LogP contribution >= 0.6 is 11.3 Å². The fourth-order valence-corrected chi connectivity index (χ4v) is 3.78. The molecule has 2 N–H and O–H groups in total. The quantitative estimate of drug-likeness (QED) is 0.503. The van der Waals surface area contributed by atoms with E-state index in [4.69, 9.17) is 4.42 Å². The van der Waals surface area contributed by atoms with Crippen molar-refractivity contribution in [1.29, 1.82) is 0 Å². The van der Waals surface area contributed by atoms with E-state index in [9.17, 15) is 9.59 Å². The average Bonchev–Trinajstić information content (AvgIpc) is 3.32. The van der Waals surface area contributed by atoms with E-state index in [1.807, 2.05) is 24.3 Å². The van der Waals surface area contributed by atoms with Crippen LogP contribution in [0.5, 0.6) is 0 Å². The van der Waals surface area contributed by atoms with Gasteiger partial charge in [0.1, 0.15) is 0 Å². The Morgan fingerprint density at radius 3 is 2.30 bits per heavy atom. The van der Waals surface area contributed by atoms with Crippen LogP contribution < -0.4 is 10.6 Å². The molecule has 134 valence electrons. The number of anilines is 2. The summed E-state index contributed by atoms with van der Waals surface area (Å²) >= 11 is 1.45. The van der Waals surface area contributed by atoms with Crippen molar-refractivity contribution in [2.24, 2.45) is 0 Å². The van der Waals surface area contributed by atoms with E-state index < -0.39 is 0 Å². The van der Waals surface area contributed by atoms with Gasteiger partial charge in [-0.15, -0.1) is 11.3 Å². The van der Waals surface area contributed by atoms with Crippen molar-refractivity contribution in [3.63, 3.8) is 0 Å². The van der Waals surface area contributed by atoms with Gasteiger partial charge in [0.25, 0.3) is 5.91 Å². The van der Waals surface area contributed by atoms with Crippen molar-refractivity contribution >= 4 is 44.6 Å². The molecule has 0 unspecified atom stereocenters. The molecule has 0 atom stereocenters. The zero-order valence-electron chi connectivity index (χ0n) is 14.5. The molecule has 0 saturated carbocycles. The predicted molar refractivity (Wildman–Crippen MR) is 108 cm³/mol. The fourth-order valence-electron chi connectivity index (χ4n) is 2.78. The summed E-state index contributed by atoms with van der Waals surface area (Å²) in [6.45, 7) is 1.45. The lowest BCUT2D eigenvalue weighted by Gasteiger charge is -2.05. The SMILES string of the molecule is CC(=O)Nc1ccc(NC(=O)c2cc3ccc(-c4ccoc4)cc3s2)cc1. The van der Waals surface area contributed by atoms with Crippen LogP contribution in [0.4, 0.5) is 11.4 Å². The Hall–Kier alpha value is -3.38. The summed E-state index contributed by atoms with van der Waals surface area (Å²) in [6.07, 6.45) is 3.34. The maximum atomic E-state index is 12.6. The Morgan fingerprint density at radius 2 is 1.63 bits per heavy atom. The van der Waals surface area contributed by atoms with Crippen LogP contribution in [0.15, 0.2) is 71.5 Å². The van der Waals surface area contributed by atoms with E-state index in [0.717, 1.165) is 21.2 Å². The second-order valence-electron chi connectivity index (χ2n) is 6.09. The van der Waals surface area contributed by atoms with Gasteiger partial charge in [-0.2, -0.15) is 0 Å². The molecule has 0 aliphatic rings. The van der Waals surface area contributed by atoms with Crippen LogP contribution in [0.2, 0.25) is 0 Å². The van der Waals surface area contributed by atoms with Gasteiger partial charge in [-0.25, -0.2) is 0 Å². The monoisotopic (exact) mass is 376 g/mol. The van der Waals surface area contributed by atoms with Crippen molar-refractivity contribution in [3.8, 4) is 11.1 Å². The molecule has 2 aromatic heterocycles. The number of benzene rings is 2. The number of hydrogen-bond donors (Lipinski definition) is 2. The van der Waals surface area contributed by atoms with Gasteiger partial charge in [0.15, 0.2) is 0 Å². The second kappa shape index (κ2) is 7.09. The normalized spacial score (nSPS) is 10.7. The summed E-state index contributed by atoms with van der Waals surface area (Å²) in [6, 6.07) is 16.9. The van der Waals surface area contributed by atoms with Crippen molar-refractivity contribution in [2.75, 3.05) is 10.6 Å². The van der Waals surface area contributed by atoms with Gasteiger partial charge in [0.05, 0.1) is 17.4 Å². The Labute approximate surface area is 159 Å². The third-order valence-electron chi connectivity index (χ3n) is 4.06. The molecule has 0 fully saturated rings. The molecule has 2 amide bonds. The molecule has 0 aliphatic carbocycles. The van der Waals surface area contributed by atoms with E-state index in [-0.39, 0.29) is 11.8 Å². The van der Waals surface area contributed by atoms with Crippen LogP contribution in [0.1, 0.15) is 16.6 Å². The number of rotatable bonds is 4. The van der Waals surface area contributed by atoms with Crippen LogP contribution in [-0.4, -0.2) is 11.8 Å². The summed E-state index contributed by atoms with van der Waals surface area (Å²) in [7, 11) is 0.